The fraction of sp³-hybridized carbons (Fsp3) is 0.462. The third-order valence-corrected chi connectivity index (χ3v) is 3.30. The molecule has 0 bridgehead atoms. The Morgan fingerprint density at radius 3 is 2.60 bits per heavy atom. The minimum absolute atomic E-state index is 1.05. The Morgan fingerprint density at radius 2 is 1.80 bits per heavy atom. The Morgan fingerprint density at radius 1 is 1.07 bits per heavy atom. The zero-order valence-corrected chi connectivity index (χ0v) is 9.14. The Labute approximate surface area is 90.4 Å². The summed E-state index contributed by atoms with van der Waals surface area (Å²) in [5, 5.41) is 3.44. The number of nitrogens with zero attached hydrogens (tertiary/aromatic N) is 1. The maximum absolute atomic E-state index is 4.59. The van der Waals surface area contributed by atoms with Gasteiger partial charge in [-0.15, -0.1) is 0 Å². The van der Waals surface area contributed by atoms with E-state index in [0.29, 0.717) is 0 Å². The fourth-order valence-electron chi connectivity index (χ4n) is 2.53. The molecule has 15 heavy (non-hydrogen) atoms. The number of aliphatic imine (C=N–C) groups is 1. The van der Waals surface area contributed by atoms with Crippen LogP contribution in [0.4, 0.5) is 5.69 Å². The molecule has 0 atom stereocenters. The van der Waals surface area contributed by atoms with Gasteiger partial charge in [-0.05, 0) is 55.6 Å². The molecule has 0 unspecified atom stereocenters. The van der Waals surface area contributed by atoms with Gasteiger partial charge in [0.15, 0.2) is 0 Å². The highest BCUT2D eigenvalue weighted by Crippen LogP contribution is 2.30. The van der Waals surface area contributed by atoms with Crippen LogP contribution in [-0.2, 0) is 19.3 Å². The summed E-state index contributed by atoms with van der Waals surface area (Å²) in [6.45, 7) is 4.34. The third kappa shape index (κ3) is 1.59. The van der Waals surface area contributed by atoms with Crippen molar-refractivity contribution in [1.29, 1.82) is 0 Å². The zero-order valence-electron chi connectivity index (χ0n) is 9.14. The van der Waals surface area contributed by atoms with Crippen LogP contribution in [0.3, 0.4) is 0 Å². The van der Waals surface area contributed by atoms with Gasteiger partial charge in [0.05, 0.1) is 5.69 Å². The largest absolute Gasteiger partial charge is 0.316 e. The van der Waals surface area contributed by atoms with Gasteiger partial charge in [0.25, 0.3) is 0 Å². The predicted molar refractivity (Wildman–Crippen MR) is 63.2 cm³/mol. The van der Waals surface area contributed by atoms with Gasteiger partial charge in [-0.25, -0.2) is 0 Å². The minimum Gasteiger partial charge on any atom is -0.316 e. The number of benzene rings is 1. The van der Waals surface area contributed by atoms with Crippen molar-refractivity contribution in [2.45, 2.75) is 26.2 Å². The molecule has 1 aromatic carbocycles. The van der Waals surface area contributed by atoms with Crippen molar-refractivity contribution in [3.05, 3.63) is 28.8 Å². The second-order valence-corrected chi connectivity index (χ2v) is 4.52. The van der Waals surface area contributed by atoms with Crippen molar-refractivity contribution in [3.8, 4) is 0 Å². The van der Waals surface area contributed by atoms with Gasteiger partial charge in [-0.1, -0.05) is 6.07 Å². The SMILES string of the molecule is CC1=Nc2cc3c(cc2C1)CCNCC3. The molecular weight excluding hydrogens is 184 g/mol. The number of hydrogen-bond donors (Lipinski definition) is 1. The number of hydrogen-bond acceptors (Lipinski definition) is 2. The van der Waals surface area contributed by atoms with E-state index in [1.807, 2.05) is 0 Å². The Hall–Kier alpha value is -1.15. The van der Waals surface area contributed by atoms with Crippen LogP contribution >= 0.6 is 0 Å². The van der Waals surface area contributed by atoms with Gasteiger partial charge in [0.1, 0.15) is 0 Å². The summed E-state index contributed by atoms with van der Waals surface area (Å²) in [7, 11) is 0. The second kappa shape index (κ2) is 3.46. The van der Waals surface area contributed by atoms with Crippen molar-refractivity contribution in [2.24, 2.45) is 4.99 Å². The van der Waals surface area contributed by atoms with Gasteiger partial charge in [0.2, 0.25) is 0 Å². The normalized spacial score (nSPS) is 19.1. The molecule has 2 heteroatoms. The molecule has 2 heterocycles. The van der Waals surface area contributed by atoms with Crippen molar-refractivity contribution >= 4 is 11.4 Å². The van der Waals surface area contributed by atoms with Crippen LogP contribution in [0.15, 0.2) is 17.1 Å². The van der Waals surface area contributed by atoms with E-state index >= 15 is 0 Å². The molecule has 2 nitrogen and oxygen atoms in total. The molecule has 0 aromatic heterocycles. The van der Waals surface area contributed by atoms with Crippen LogP contribution < -0.4 is 5.32 Å². The molecule has 0 spiro atoms. The van der Waals surface area contributed by atoms with E-state index in [-0.39, 0.29) is 0 Å². The Bertz CT molecular complexity index is 432. The van der Waals surface area contributed by atoms with E-state index in [2.05, 4.69) is 29.4 Å². The molecule has 0 saturated carbocycles. The molecule has 1 aromatic rings. The first-order valence-corrected chi connectivity index (χ1v) is 5.72. The van der Waals surface area contributed by atoms with Crippen molar-refractivity contribution in [2.75, 3.05) is 13.1 Å². The van der Waals surface area contributed by atoms with Crippen LogP contribution in [0.2, 0.25) is 0 Å². The lowest BCUT2D eigenvalue weighted by Crippen LogP contribution is -2.16. The number of rotatable bonds is 0. The Balaban J connectivity index is 2.06. The smallest absolute Gasteiger partial charge is 0.0667 e. The lowest BCUT2D eigenvalue weighted by Gasteiger charge is -2.07. The highest BCUT2D eigenvalue weighted by Gasteiger charge is 2.16. The molecule has 0 aliphatic carbocycles. The summed E-state index contributed by atoms with van der Waals surface area (Å²) >= 11 is 0. The van der Waals surface area contributed by atoms with E-state index in [1.54, 1.807) is 0 Å². The molecule has 0 amide bonds. The maximum Gasteiger partial charge on any atom is 0.0667 e. The molecule has 1 N–H and O–H groups in total. The van der Waals surface area contributed by atoms with E-state index in [9.17, 15) is 0 Å². The van der Waals surface area contributed by atoms with Gasteiger partial charge < -0.3 is 5.32 Å². The summed E-state index contributed by atoms with van der Waals surface area (Å²) in [6.07, 6.45) is 3.37. The third-order valence-electron chi connectivity index (χ3n) is 3.30. The average molecular weight is 200 g/mol. The molecule has 2 aliphatic heterocycles. The molecule has 78 valence electrons. The van der Waals surface area contributed by atoms with Gasteiger partial charge in [-0.2, -0.15) is 0 Å². The predicted octanol–water partition coefficient (Wildman–Crippen LogP) is 2.02. The standard InChI is InChI=1S/C13H16N2/c1-9-6-12-7-10-2-4-14-5-3-11(10)8-13(12)15-9/h7-8,14H,2-6H2,1H3. The van der Waals surface area contributed by atoms with Crippen LogP contribution in [-0.4, -0.2) is 18.8 Å². The maximum atomic E-state index is 4.59. The van der Waals surface area contributed by atoms with Crippen molar-refractivity contribution in [1.82, 2.24) is 5.32 Å². The summed E-state index contributed by atoms with van der Waals surface area (Å²) in [5.74, 6) is 0. The van der Waals surface area contributed by atoms with Gasteiger partial charge in [0, 0.05) is 12.1 Å². The van der Waals surface area contributed by atoms with Crippen LogP contribution in [0, 0.1) is 0 Å². The first kappa shape index (κ1) is 9.10. The van der Waals surface area contributed by atoms with E-state index < -0.39 is 0 Å². The summed E-state index contributed by atoms with van der Waals surface area (Å²) in [5.41, 5.74) is 6.92. The Kier molecular flexibility index (Phi) is 2.10. The number of nitrogens with one attached hydrogen (secondary N) is 1. The summed E-state index contributed by atoms with van der Waals surface area (Å²) in [4.78, 5) is 4.59. The lowest BCUT2D eigenvalue weighted by molar-refractivity contribution is 0.711. The molecule has 0 fully saturated rings. The molecule has 0 radical (unpaired) electrons. The van der Waals surface area contributed by atoms with Crippen molar-refractivity contribution in [3.63, 3.8) is 0 Å². The summed E-state index contributed by atoms with van der Waals surface area (Å²) in [6, 6.07) is 4.67. The van der Waals surface area contributed by atoms with Gasteiger partial charge >= 0.3 is 0 Å². The van der Waals surface area contributed by atoms with E-state index in [4.69, 9.17) is 0 Å². The fourth-order valence-corrected chi connectivity index (χ4v) is 2.53. The quantitative estimate of drug-likeness (QED) is 0.681. The number of fused-ring (bicyclic) bond motifs is 2. The highest BCUT2D eigenvalue weighted by molar-refractivity contribution is 5.92. The second-order valence-electron chi connectivity index (χ2n) is 4.52. The molecular formula is C13H16N2. The lowest BCUT2D eigenvalue weighted by atomic mass is 9.98. The first-order chi connectivity index (χ1) is 7.33. The zero-order chi connectivity index (χ0) is 10.3. The highest BCUT2D eigenvalue weighted by atomic mass is 14.8. The summed E-state index contributed by atoms with van der Waals surface area (Å²) < 4.78 is 0. The van der Waals surface area contributed by atoms with Gasteiger partial charge in [-0.3, -0.25) is 4.99 Å². The first-order valence-electron chi connectivity index (χ1n) is 5.72. The molecule has 2 aliphatic rings. The topological polar surface area (TPSA) is 24.4 Å². The molecule has 0 saturated heterocycles. The van der Waals surface area contributed by atoms with E-state index in [1.165, 1.54) is 34.5 Å². The minimum atomic E-state index is 1.05. The van der Waals surface area contributed by atoms with Crippen LogP contribution in [0.5, 0.6) is 0 Å². The van der Waals surface area contributed by atoms with Crippen LogP contribution in [0.25, 0.3) is 0 Å². The van der Waals surface area contributed by atoms with E-state index in [0.717, 1.165) is 25.9 Å². The molecule has 3 rings (SSSR count). The monoisotopic (exact) mass is 200 g/mol. The average Bonchev–Trinajstić information content (AvgIpc) is 2.44. The van der Waals surface area contributed by atoms with Crippen LogP contribution in [0.1, 0.15) is 23.6 Å². The van der Waals surface area contributed by atoms with Crippen molar-refractivity contribution < 1.29 is 0 Å².